The molecule has 2 aromatic carbocycles. The molecule has 1 unspecified atom stereocenters. The van der Waals surface area contributed by atoms with Crippen molar-refractivity contribution in [3.8, 4) is 11.1 Å². The first-order valence-corrected chi connectivity index (χ1v) is 6.72. The molecule has 0 aliphatic carbocycles. The summed E-state index contributed by atoms with van der Waals surface area (Å²) in [5.74, 6) is 0. The van der Waals surface area contributed by atoms with Crippen LogP contribution in [0.5, 0.6) is 0 Å². The summed E-state index contributed by atoms with van der Waals surface area (Å²) >= 11 is 0. The lowest BCUT2D eigenvalue weighted by Crippen LogP contribution is -1.93. The van der Waals surface area contributed by atoms with Crippen molar-refractivity contribution in [1.29, 1.82) is 0 Å². The molecule has 0 N–H and O–H groups in total. The number of hydrogen-bond donors (Lipinski definition) is 0. The Morgan fingerprint density at radius 3 is 2.65 bits per heavy atom. The van der Waals surface area contributed by atoms with Gasteiger partial charge in [-0.3, -0.25) is 0 Å². The molecule has 84 valence electrons. The Balaban J connectivity index is 2.30. The molecule has 0 bridgehead atoms. The van der Waals surface area contributed by atoms with E-state index in [1.165, 1.54) is 0 Å². The molecule has 1 atom stereocenters. The Kier molecular flexibility index (Phi) is 2.45. The monoisotopic (exact) mass is 240 g/mol. The minimum absolute atomic E-state index is 0.767. The highest BCUT2D eigenvalue weighted by molar-refractivity contribution is 7.85. The van der Waals surface area contributed by atoms with Crippen LogP contribution in [0.3, 0.4) is 0 Å². The maximum absolute atomic E-state index is 12.5. The third kappa shape index (κ3) is 1.48. The first kappa shape index (κ1) is 10.5. The van der Waals surface area contributed by atoms with Crippen LogP contribution in [0, 0.1) is 0 Å². The molecule has 3 rings (SSSR count). The highest BCUT2D eigenvalue weighted by atomic mass is 32.2. The number of fused-ring (bicyclic) bond motifs is 3. The van der Waals surface area contributed by atoms with E-state index in [2.05, 4.69) is 6.58 Å². The van der Waals surface area contributed by atoms with Crippen molar-refractivity contribution in [1.82, 2.24) is 0 Å². The number of hydrogen-bond acceptors (Lipinski definition) is 1. The fourth-order valence-corrected chi connectivity index (χ4v) is 3.86. The summed E-state index contributed by atoms with van der Waals surface area (Å²) in [4.78, 5) is 1.90. The van der Waals surface area contributed by atoms with Crippen molar-refractivity contribution in [3.05, 3.63) is 60.7 Å². The molecule has 1 heterocycles. The predicted molar refractivity (Wildman–Crippen MR) is 70.5 cm³/mol. The number of allylic oxidation sites excluding steroid dienone is 1. The van der Waals surface area contributed by atoms with Gasteiger partial charge in [-0.05, 0) is 29.2 Å². The molecular weight excluding hydrogens is 228 g/mol. The van der Waals surface area contributed by atoms with Gasteiger partial charge in [-0.2, -0.15) is 0 Å². The van der Waals surface area contributed by atoms with E-state index in [1.54, 1.807) is 0 Å². The maximum atomic E-state index is 12.5. The molecule has 0 amide bonds. The zero-order chi connectivity index (χ0) is 11.8. The molecule has 1 nitrogen and oxygen atoms in total. The molecule has 0 fully saturated rings. The summed E-state index contributed by atoms with van der Waals surface area (Å²) in [7, 11) is -1.03. The van der Waals surface area contributed by atoms with Crippen LogP contribution >= 0.6 is 0 Å². The third-order valence-corrected chi connectivity index (χ3v) is 4.63. The van der Waals surface area contributed by atoms with E-state index in [9.17, 15) is 4.21 Å². The van der Waals surface area contributed by atoms with Crippen LogP contribution in [-0.2, 0) is 17.2 Å². The lowest BCUT2D eigenvalue weighted by Gasteiger charge is -2.04. The van der Waals surface area contributed by atoms with Crippen LogP contribution in [-0.4, -0.2) is 4.21 Å². The molecule has 1 aliphatic rings. The van der Waals surface area contributed by atoms with E-state index in [0.717, 1.165) is 32.9 Å². The fourth-order valence-electron chi connectivity index (χ4n) is 2.29. The van der Waals surface area contributed by atoms with E-state index in [4.69, 9.17) is 0 Å². The van der Waals surface area contributed by atoms with Crippen molar-refractivity contribution in [2.45, 2.75) is 16.2 Å². The second-order valence-electron chi connectivity index (χ2n) is 4.05. The summed E-state index contributed by atoms with van der Waals surface area (Å²) in [5, 5.41) is 0. The summed E-state index contributed by atoms with van der Waals surface area (Å²) < 4.78 is 12.5. The van der Waals surface area contributed by atoms with Gasteiger partial charge in [0.2, 0.25) is 0 Å². The lowest BCUT2D eigenvalue weighted by atomic mass is 10.0. The van der Waals surface area contributed by atoms with Gasteiger partial charge in [-0.1, -0.05) is 42.5 Å². The van der Waals surface area contributed by atoms with Crippen LogP contribution in [0.1, 0.15) is 5.56 Å². The van der Waals surface area contributed by atoms with Gasteiger partial charge in [0.05, 0.1) is 20.6 Å². The van der Waals surface area contributed by atoms with Gasteiger partial charge >= 0.3 is 0 Å². The normalized spacial score (nSPS) is 16.4. The van der Waals surface area contributed by atoms with Crippen molar-refractivity contribution >= 4 is 10.8 Å². The van der Waals surface area contributed by atoms with Gasteiger partial charge in [-0.15, -0.1) is 6.58 Å². The van der Waals surface area contributed by atoms with E-state index >= 15 is 0 Å². The second-order valence-corrected chi connectivity index (χ2v) is 5.44. The highest BCUT2D eigenvalue weighted by Gasteiger charge is 2.26. The largest absolute Gasteiger partial charge is 0.249 e. The van der Waals surface area contributed by atoms with Crippen molar-refractivity contribution < 1.29 is 4.21 Å². The molecule has 2 heteroatoms. The summed E-state index contributed by atoms with van der Waals surface area (Å²) in [5.41, 5.74) is 3.33. The van der Waals surface area contributed by atoms with E-state index < -0.39 is 10.8 Å². The van der Waals surface area contributed by atoms with Crippen LogP contribution < -0.4 is 0 Å². The Bertz CT molecular complexity index is 629. The van der Waals surface area contributed by atoms with Gasteiger partial charge in [0.15, 0.2) is 0 Å². The summed E-state index contributed by atoms with van der Waals surface area (Å²) in [6.07, 6.45) is 2.62. The zero-order valence-electron chi connectivity index (χ0n) is 9.35. The quantitative estimate of drug-likeness (QED) is 0.626. The van der Waals surface area contributed by atoms with Gasteiger partial charge in [0.25, 0.3) is 0 Å². The summed E-state index contributed by atoms with van der Waals surface area (Å²) in [6.45, 7) is 3.76. The van der Waals surface area contributed by atoms with Crippen LogP contribution in [0.25, 0.3) is 11.1 Å². The average Bonchev–Trinajstić information content (AvgIpc) is 2.66. The molecule has 0 spiro atoms. The number of rotatable bonds is 2. The average molecular weight is 240 g/mol. The second kappa shape index (κ2) is 3.97. The minimum Gasteiger partial charge on any atom is -0.249 e. The predicted octanol–water partition coefficient (Wildman–Crippen LogP) is 3.56. The van der Waals surface area contributed by atoms with E-state index in [-0.39, 0.29) is 0 Å². The number of benzene rings is 2. The van der Waals surface area contributed by atoms with Gasteiger partial charge in [0, 0.05) is 0 Å². The summed E-state index contributed by atoms with van der Waals surface area (Å²) in [6, 6.07) is 14.0. The minimum atomic E-state index is -1.03. The molecule has 2 aromatic rings. The van der Waals surface area contributed by atoms with Crippen LogP contribution in [0.15, 0.2) is 64.9 Å². The molecule has 17 heavy (non-hydrogen) atoms. The first-order chi connectivity index (χ1) is 8.33. The molecule has 0 radical (unpaired) electrons. The van der Waals surface area contributed by atoms with Gasteiger partial charge in [-0.25, -0.2) is 4.21 Å². The van der Waals surface area contributed by atoms with Crippen molar-refractivity contribution in [2.75, 3.05) is 0 Å². The zero-order valence-corrected chi connectivity index (χ0v) is 10.2. The molecule has 0 saturated heterocycles. The fraction of sp³-hybridized carbons (Fsp3) is 0.0667. The Labute approximate surface area is 103 Å². The Morgan fingerprint density at radius 1 is 1.06 bits per heavy atom. The Morgan fingerprint density at radius 2 is 1.82 bits per heavy atom. The smallest absolute Gasteiger partial charge is 0.0865 e. The topological polar surface area (TPSA) is 17.1 Å². The lowest BCUT2D eigenvalue weighted by molar-refractivity contribution is 0.684. The molecule has 0 aromatic heterocycles. The highest BCUT2D eigenvalue weighted by Crippen LogP contribution is 2.42. The SMILES string of the molecule is C=CCc1cccc2c1S(=O)c1ccccc1-2. The van der Waals surface area contributed by atoms with Crippen LogP contribution in [0.2, 0.25) is 0 Å². The Hall–Kier alpha value is -1.67. The first-order valence-electron chi connectivity index (χ1n) is 5.57. The molecular formula is C15H12OS. The maximum Gasteiger partial charge on any atom is 0.0865 e. The van der Waals surface area contributed by atoms with E-state index in [1.807, 2.05) is 48.5 Å². The van der Waals surface area contributed by atoms with Crippen molar-refractivity contribution in [3.63, 3.8) is 0 Å². The molecule has 0 saturated carbocycles. The molecule has 1 aliphatic heterocycles. The standard InChI is InChI=1S/C15H12OS/c1-2-6-11-7-5-9-13-12-8-3-4-10-14(12)17(16)15(11)13/h2-5,7-10H,1,6H2. The van der Waals surface area contributed by atoms with E-state index in [0.29, 0.717) is 0 Å². The van der Waals surface area contributed by atoms with Crippen molar-refractivity contribution in [2.24, 2.45) is 0 Å². The van der Waals surface area contributed by atoms with Gasteiger partial charge in [0.1, 0.15) is 0 Å². The van der Waals surface area contributed by atoms with Gasteiger partial charge < -0.3 is 0 Å². The third-order valence-electron chi connectivity index (χ3n) is 3.02. The van der Waals surface area contributed by atoms with Crippen LogP contribution in [0.4, 0.5) is 0 Å².